The lowest BCUT2D eigenvalue weighted by molar-refractivity contribution is 0.394. The minimum Gasteiger partial charge on any atom is -0.329 e. The normalized spacial score (nSPS) is 20.0. The van der Waals surface area contributed by atoms with Crippen LogP contribution in [-0.2, 0) is 19.4 Å². The van der Waals surface area contributed by atoms with Gasteiger partial charge in [0, 0.05) is 29.9 Å². The standard InChI is InChI=1S/C21H28N4/c1-5-25-20-18(14-22-25)19(23-21(2,3)4)10-11-24(20)17-12-15-8-6-7-9-16(15)13-17/h6-11,14,17,19,23H,5,12-13H2,1-4H3. The van der Waals surface area contributed by atoms with Crippen LogP contribution in [0.5, 0.6) is 0 Å². The minimum absolute atomic E-state index is 0.0619. The van der Waals surface area contributed by atoms with E-state index >= 15 is 0 Å². The Hall–Kier alpha value is -2.07. The van der Waals surface area contributed by atoms with Crippen molar-refractivity contribution in [2.75, 3.05) is 4.90 Å². The van der Waals surface area contributed by atoms with Crippen molar-refractivity contribution in [3.8, 4) is 0 Å². The number of aryl methyl sites for hydroxylation is 1. The molecule has 0 bridgehead atoms. The summed E-state index contributed by atoms with van der Waals surface area (Å²) in [6.45, 7) is 9.70. The van der Waals surface area contributed by atoms with Crippen LogP contribution in [0.25, 0.3) is 0 Å². The van der Waals surface area contributed by atoms with Gasteiger partial charge in [0.1, 0.15) is 5.82 Å². The number of rotatable bonds is 3. The zero-order valence-corrected chi connectivity index (χ0v) is 15.7. The predicted octanol–water partition coefficient (Wildman–Crippen LogP) is 3.83. The van der Waals surface area contributed by atoms with E-state index in [1.54, 1.807) is 0 Å². The SMILES string of the molecule is CCn1ncc2c1N(C1Cc3ccccc3C1)C=CC2NC(C)(C)C. The molecule has 1 aromatic carbocycles. The summed E-state index contributed by atoms with van der Waals surface area (Å²) in [5.74, 6) is 1.25. The van der Waals surface area contributed by atoms with Gasteiger partial charge in [-0.2, -0.15) is 5.10 Å². The molecule has 1 aliphatic carbocycles. The van der Waals surface area contributed by atoms with Crippen LogP contribution in [0.15, 0.2) is 42.7 Å². The van der Waals surface area contributed by atoms with Crippen LogP contribution < -0.4 is 10.2 Å². The van der Waals surface area contributed by atoms with Crippen molar-refractivity contribution in [1.29, 1.82) is 0 Å². The molecule has 0 saturated heterocycles. The molecule has 4 nitrogen and oxygen atoms in total. The maximum atomic E-state index is 4.66. The van der Waals surface area contributed by atoms with Crippen LogP contribution >= 0.6 is 0 Å². The molecule has 2 aliphatic rings. The highest BCUT2D eigenvalue weighted by molar-refractivity contribution is 5.58. The second-order valence-corrected chi connectivity index (χ2v) is 8.19. The van der Waals surface area contributed by atoms with Gasteiger partial charge in [-0.25, -0.2) is 4.68 Å². The fourth-order valence-electron chi connectivity index (χ4n) is 4.10. The number of aromatic nitrogens is 2. The van der Waals surface area contributed by atoms with Gasteiger partial charge < -0.3 is 10.2 Å². The second-order valence-electron chi connectivity index (χ2n) is 8.19. The lowest BCUT2D eigenvalue weighted by atomic mass is 10.00. The average Bonchev–Trinajstić information content (AvgIpc) is 3.17. The van der Waals surface area contributed by atoms with Crippen molar-refractivity contribution >= 4 is 5.82 Å². The van der Waals surface area contributed by atoms with Gasteiger partial charge in [-0.3, -0.25) is 0 Å². The number of nitrogens with zero attached hydrogens (tertiary/aromatic N) is 3. The fourth-order valence-corrected chi connectivity index (χ4v) is 4.10. The molecule has 1 aliphatic heterocycles. The van der Waals surface area contributed by atoms with Gasteiger partial charge in [0.25, 0.3) is 0 Å². The lowest BCUT2D eigenvalue weighted by Crippen LogP contribution is -2.42. The zero-order valence-electron chi connectivity index (χ0n) is 15.7. The summed E-state index contributed by atoms with van der Waals surface area (Å²) in [6.07, 6.45) is 8.81. The molecular weight excluding hydrogens is 308 g/mol. The van der Waals surface area contributed by atoms with Crippen LogP contribution in [0, 0.1) is 0 Å². The van der Waals surface area contributed by atoms with Crippen molar-refractivity contribution in [3.05, 3.63) is 59.4 Å². The number of fused-ring (bicyclic) bond motifs is 2. The molecule has 1 aromatic heterocycles. The average molecular weight is 336 g/mol. The Balaban J connectivity index is 1.67. The first kappa shape index (κ1) is 16.4. The highest BCUT2D eigenvalue weighted by atomic mass is 15.4. The molecule has 132 valence electrons. The Kier molecular flexibility index (Phi) is 3.95. The highest BCUT2D eigenvalue weighted by Crippen LogP contribution is 2.37. The van der Waals surface area contributed by atoms with Crippen LogP contribution in [0.1, 0.15) is 50.4 Å². The Morgan fingerprint density at radius 3 is 2.44 bits per heavy atom. The zero-order chi connectivity index (χ0) is 17.6. The molecule has 25 heavy (non-hydrogen) atoms. The Labute approximate surface area is 150 Å². The van der Waals surface area contributed by atoms with Crippen molar-refractivity contribution in [2.45, 2.75) is 64.7 Å². The smallest absolute Gasteiger partial charge is 0.136 e. The van der Waals surface area contributed by atoms with E-state index < -0.39 is 0 Å². The molecule has 4 heteroatoms. The summed E-state index contributed by atoms with van der Waals surface area (Å²) < 4.78 is 2.14. The Bertz CT molecular complexity index is 771. The number of hydrogen-bond donors (Lipinski definition) is 1. The molecule has 0 saturated carbocycles. The minimum atomic E-state index is 0.0619. The summed E-state index contributed by atoms with van der Waals surface area (Å²) in [4.78, 5) is 2.45. The van der Waals surface area contributed by atoms with E-state index in [1.807, 2.05) is 6.20 Å². The largest absolute Gasteiger partial charge is 0.329 e. The van der Waals surface area contributed by atoms with Gasteiger partial charge in [-0.1, -0.05) is 24.3 Å². The van der Waals surface area contributed by atoms with Crippen molar-refractivity contribution in [2.24, 2.45) is 0 Å². The molecule has 0 fully saturated rings. The van der Waals surface area contributed by atoms with Gasteiger partial charge in [0.05, 0.1) is 12.2 Å². The molecular formula is C21H28N4. The van der Waals surface area contributed by atoms with Gasteiger partial charge in [-0.05, 0) is 57.7 Å². The fraction of sp³-hybridized carbons (Fsp3) is 0.476. The molecule has 0 amide bonds. The third-order valence-corrected chi connectivity index (χ3v) is 5.17. The summed E-state index contributed by atoms with van der Waals surface area (Å²) in [7, 11) is 0. The Morgan fingerprint density at radius 2 is 1.84 bits per heavy atom. The summed E-state index contributed by atoms with van der Waals surface area (Å²) in [5, 5.41) is 8.38. The van der Waals surface area contributed by atoms with E-state index in [2.05, 4.69) is 84.2 Å². The molecule has 1 unspecified atom stereocenters. The third-order valence-electron chi connectivity index (χ3n) is 5.17. The highest BCUT2D eigenvalue weighted by Gasteiger charge is 2.33. The summed E-state index contributed by atoms with van der Waals surface area (Å²) >= 11 is 0. The number of nitrogens with one attached hydrogen (secondary N) is 1. The van der Waals surface area contributed by atoms with Gasteiger partial charge in [0.15, 0.2) is 0 Å². The first-order valence-electron chi connectivity index (χ1n) is 9.33. The third kappa shape index (κ3) is 2.99. The van der Waals surface area contributed by atoms with Gasteiger partial charge in [0.2, 0.25) is 0 Å². The number of anilines is 1. The lowest BCUT2D eigenvalue weighted by Gasteiger charge is -2.36. The van der Waals surface area contributed by atoms with E-state index in [4.69, 9.17) is 0 Å². The first-order valence-corrected chi connectivity index (χ1v) is 9.33. The van der Waals surface area contributed by atoms with Crippen LogP contribution in [0.2, 0.25) is 0 Å². The van der Waals surface area contributed by atoms with Crippen molar-refractivity contribution < 1.29 is 0 Å². The molecule has 1 N–H and O–H groups in total. The van der Waals surface area contributed by atoms with E-state index in [1.165, 1.54) is 22.5 Å². The second kappa shape index (κ2) is 6.03. The predicted molar refractivity (Wildman–Crippen MR) is 103 cm³/mol. The van der Waals surface area contributed by atoms with Crippen LogP contribution in [-0.4, -0.2) is 21.4 Å². The van der Waals surface area contributed by atoms with Gasteiger partial charge >= 0.3 is 0 Å². The summed E-state index contributed by atoms with van der Waals surface area (Å²) in [6, 6.07) is 9.53. The topological polar surface area (TPSA) is 33.1 Å². The maximum absolute atomic E-state index is 4.66. The van der Waals surface area contributed by atoms with E-state index in [-0.39, 0.29) is 11.6 Å². The maximum Gasteiger partial charge on any atom is 0.136 e. The summed E-state index contributed by atoms with van der Waals surface area (Å²) in [5.41, 5.74) is 4.32. The van der Waals surface area contributed by atoms with Crippen LogP contribution in [0.4, 0.5) is 5.82 Å². The van der Waals surface area contributed by atoms with Crippen molar-refractivity contribution in [1.82, 2.24) is 15.1 Å². The van der Waals surface area contributed by atoms with E-state index in [9.17, 15) is 0 Å². The number of hydrogen-bond acceptors (Lipinski definition) is 3. The molecule has 2 heterocycles. The Morgan fingerprint density at radius 1 is 1.16 bits per heavy atom. The molecule has 2 aromatic rings. The molecule has 0 radical (unpaired) electrons. The molecule has 1 atom stereocenters. The van der Waals surface area contributed by atoms with E-state index in [0.717, 1.165) is 19.4 Å². The van der Waals surface area contributed by atoms with E-state index in [0.29, 0.717) is 6.04 Å². The quantitative estimate of drug-likeness (QED) is 0.925. The first-order chi connectivity index (χ1) is 12.0. The number of benzene rings is 1. The van der Waals surface area contributed by atoms with Gasteiger partial charge in [-0.15, -0.1) is 0 Å². The van der Waals surface area contributed by atoms with Crippen LogP contribution in [0.3, 0.4) is 0 Å². The van der Waals surface area contributed by atoms with Crippen molar-refractivity contribution in [3.63, 3.8) is 0 Å². The monoisotopic (exact) mass is 336 g/mol. The molecule has 0 spiro atoms. The molecule has 4 rings (SSSR count).